The van der Waals surface area contributed by atoms with Crippen molar-refractivity contribution in [1.82, 2.24) is 0 Å². The molecule has 38 heavy (non-hydrogen) atoms. The number of fused-ring (bicyclic) bond motifs is 1. The van der Waals surface area contributed by atoms with Crippen LogP contribution in [0.3, 0.4) is 0 Å². The molecule has 0 bridgehead atoms. The molecule has 0 radical (unpaired) electrons. The van der Waals surface area contributed by atoms with Crippen molar-refractivity contribution < 1.29 is 37.3 Å². The number of nitrogens with one attached hydrogen (secondary N) is 2. The van der Waals surface area contributed by atoms with Crippen molar-refractivity contribution in [1.29, 1.82) is 0 Å². The van der Waals surface area contributed by atoms with E-state index in [2.05, 4.69) is 36.0 Å². The van der Waals surface area contributed by atoms with E-state index in [0.29, 0.717) is 35.2 Å². The Kier molecular flexibility index (Phi) is 7.26. The number of benzene rings is 3. The van der Waals surface area contributed by atoms with Crippen LogP contribution in [0.1, 0.15) is 24.0 Å². The van der Waals surface area contributed by atoms with E-state index in [9.17, 15) is 23.1 Å². The number of aliphatic hydroxyl groups excluding tert-OH is 1. The first-order chi connectivity index (χ1) is 18.1. The summed E-state index contributed by atoms with van der Waals surface area (Å²) >= 11 is 3.37. The van der Waals surface area contributed by atoms with Gasteiger partial charge in [-0.15, -0.1) is 8.78 Å². The van der Waals surface area contributed by atoms with Crippen LogP contribution >= 0.6 is 15.9 Å². The normalized spacial score (nSPS) is 17.1. The van der Waals surface area contributed by atoms with Crippen LogP contribution in [0, 0.1) is 5.82 Å². The second kappa shape index (κ2) is 10.5. The summed E-state index contributed by atoms with van der Waals surface area (Å²) in [5.41, 5.74) is 0.841. The first kappa shape index (κ1) is 26.3. The van der Waals surface area contributed by atoms with Gasteiger partial charge in [-0.05, 0) is 58.1 Å². The number of alkyl halides is 2. The second-order valence-corrected chi connectivity index (χ2v) is 10.1. The first-order valence-corrected chi connectivity index (χ1v) is 12.7. The van der Waals surface area contributed by atoms with Crippen LogP contribution in [-0.4, -0.2) is 36.6 Å². The third-order valence-electron chi connectivity index (χ3n) is 6.39. The predicted molar refractivity (Wildman–Crippen MR) is 137 cm³/mol. The quantitative estimate of drug-likeness (QED) is 0.285. The number of ether oxygens (including phenoxy) is 3. The fourth-order valence-electron chi connectivity index (χ4n) is 4.21. The van der Waals surface area contributed by atoms with Crippen LogP contribution < -0.4 is 20.1 Å². The van der Waals surface area contributed by atoms with E-state index in [-0.39, 0.29) is 30.3 Å². The van der Waals surface area contributed by atoms with Crippen molar-refractivity contribution in [3.05, 3.63) is 82.1 Å². The molecule has 1 aliphatic carbocycles. The zero-order valence-corrected chi connectivity index (χ0v) is 21.6. The lowest BCUT2D eigenvalue weighted by atomic mass is 9.94. The van der Waals surface area contributed by atoms with Gasteiger partial charge in [-0.25, -0.2) is 4.39 Å². The fraction of sp³-hybridized carbons (Fsp3) is 0.296. The number of amides is 1. The van der Waals surface area contributed by atoms with Gasteiger partial charge in [0.1, 0.15) is 5.82 Å². The Morgan fingerprint density at radius 2 is 1.79 bits per heavy atom. The van der Waals surface area contributed by atoms with Gasteiger partial charge in [0.25, 0.3) is 0 Å². The average Bonchev–Trinajstić information content (AvgIpc) is 3.63. The lowest BCUT2D eigenvalue weighted by Crippen LogP contribution is -2.28. The van der Waals surface area contributed by atoms with Gasteiger partial charge in [0.15, 0.2) is 11.5 Å². The second-order valence-electron chi connectivity index (χ2n) is 9.21. The van der Waals surface area contributed by atoms with Gasteiger partial charge in [-0.3, -0.25) is 4.79 Å². The zero-order valence-electron chi connectivity index (χ0n) is 20.0. The number of hydrogen-bond acceptors (Lipinski definition) is 6. The summed E-state index contributed by atoms with van der Waals surface area (Å²) in [6.45, 7) is 0.575. The molecule has 0 aromatic heterocycles. The highest BCUT2D eigenvalue weighted by Crippen LogP contribution is 2.52. The van der Waals surface area contributed by atoms with E-state index in [4.69, 9.17) is 4.74 Å². The molecule has 1 atom stereocenters. The molecule has 11 heteroatoms. The maximum atomic E-state index is 14.9. The molecule has 3 aromatic rings. The van der Waals surface area contributed by atoms with E-state index >= 15 is 0 Å². The largest absolute Gasteiger partial charge is 0.586 e. The maximum absolute atomic E-state index is 14.9. The van der Waals surface area contributed by atoms with Gasteiger partial charge >= 0.3 is 6.29 Å². The predicted octanol–water partition coefficient (Wildman–Crippen LogP) is 5.57. The summed E-state index contributed by atoms with van der Waals surface area (Å²) < 4.78 is 56.5. The topological polar surface area (TPSA) is 89.1 Å². The SMILES string of the molecule is O=C(Nc1cc(Br)c(NC[C@@H](O)COCc2ccccc2)cc1F)C1(c2ccc3c(c2)OC(F)(F)O3)CC1. The van der Waals surface area contributed by atoms with Gasteiger partial charge < -0.3 is 30.0 Å². The average molecular weight is 593 g/mol. The fourth-order valence-corrected chi connectivity index (χ4v) is 4.70. The summed E-state index contributed by atoms with van der Waals surface area (Å²) in [6.07, 6.45) is -3.64. The third kappa shape index (κ3) is 5.74. The Labute approximate surface area is 225 Å². The van der Waals surface area contributed by atoms with Crippen molar-refractivity contribution in [2.24, 2.45) is 0 Å². The molecule has 1 amide bonds. The highest BCUT2D eigenvalue weighted by atomic mass is 79.9. The molecule has 2 aliphatic rings. The number of hydrogen-bond donors (Lipinski definition) is 3. The Bertz CT molecular complexity index is 1340. The first-order valence-electron chi connectivity index (χ1n) is 11.9. The zero-order chi connectivity index (χ0) is 26.9. The molecule has 1 aliphatic heterocycles. The number of carbonyl (C=O) groups is 1. The van der Waals surface area contributed by atoms with Gasteiger partial charge in [0.2, 0.25) is 5.91 Å². The molecular weight excluding hydrogens is 569 g/mol. The number of carbonyl (C=O) groups excluding carboxylic acids is 1. The molecule has 3 aromatic carbocycles. The maximum Gasteiger partial charge on any atom is 0.586 e. The molecule has 1 saturated carbocycles. The van der Waals surface area contributed by atoms with E-state index in [1.807, 2.05) is 30.3 Å². The summed E-state index contributed by atoms with van der Waals surface area (Å²) in [6, 6.07) is 16.4. The van der Waals surface area contributed by atoms with Crippen molar-refractivity contribution in [2.45, 2.75) is 37.3 Å². The summed E-state index contributed by atoms with van der Waals surface area (Å²) in [5.74, 6) is -1.40. The Morgan fingerprint density at radius 1 is 1.05 bits per heavy atom. The smallest absolute Gasteiger partial charge is 0.395 e. The van der Waals surface area contributed by atoms with Crippen LogP contribution in [-0.2, 0) is 21.6 Å². The summed E-state index contributed by atoms with van der Waals surface area (Å²) in [7, 11) is 0. The number of aliphatic hydroxyl groups is 1. The molecule has 5 rings (SSSR count). The van der Waals surface area contributed by atoms with Gasteiger partial charge in [0.05, 0.1) is 36.1 Å². The molecular formula is C27H24BrF3N2O5. The minimum atomic E-state index is -3.75. The van der Waals surface area contributed by atoms with E-state index < -0.39 is 29.5 Å². The molecule has 0 unspecified atom stereocenters. The Balaban J connectivity index is 1.18. The van der Waals surface area contributed by atoms with Crippen LogP contribution in [0.4, 0.5) is 24.5 Å². The van der Waals surface area contributed by atoms with E-state index in [1.54, 1.807) is 0 Å². The van der Waals surface area contributed by atoms with Crippen molar-refractivity contribution in [3.8, 4) is 11.5 Å². The van der Waals surface area contributed by atoms with E-state index in [1.165, 1.54) is 30.3 Å². The number of anilines is 2. The standard InChI is InChI=1S/C27H24BrF3N2O5/c28-19-11-22(20(29)12-21(19)32-13-18(34)15-36-14-16-4-2-1-3-5-16)33-25(35)26(8-9-26)17-6-7-23-24(10-17)38-27(30,31)37-23/h1-7,10-12,18,32,34H,8-9,13-15H2,(H,33,35)/t18-/m1/s1. The molecule has 0 saturated heterocycles. The lowest BCUT2D eigenvalue weighted by molar-refractivity contribution is -0.286. The van der Waals surface area contributed by atoms with Crippen LogP contribution in [0.2, 0.25) is 0 Å². The van der Waals surface area contributed by atoms with Crippen LogP contribution in [0.25, 0.3) is 0 Å². The molecule has 200 valence electrons. The number of rotatable bonds is 10. The monoisotopic (exact) mass is 592 g/mol. The summed E-state index contributed by atoms with van der Waals surface area (Å²) in [5, 5.41) is 15.8. The molecule has 0 spiro atoms. The van der Waals surface area contributed by atoms with Crippen molar-refractivity contribution in [2.75, 3.05) is 23.8 Å². The minimum absolute atomic E-state index is 0.0438. The molecule has 1 fully saturated rings. The van der Waals surface area contributed by atoms with Crippen molar-refractivity contribution in [3.63, 3.8) is 0 Å². The van der Waals surface area contributed by atoms with Gasteiger partial charge in [0, 0.05) is 17.1 Å². The summed E-state index contributed by atoms with van der Waals surface area (Å²) in [4.78, 5) is 13.1. The Hall–Kier alpha value is -3.28. The minimum Gasteiger partial charge on any atom is -0.395 e. The van der Waals surface area contributed by atoms with Crippen LogP contribution in [0.15, 0.2) is 65.1 Å². The number of halogens is 4. The molecule has 7 nitrogen and oxygen atoms in total. The molecule has 1 heterocycles. The lowest BCUT2D eigenvalue weighted by Gasteiger charge is -2.18. The van der Waals surface area contributed by atoms with Gasteiger partial charge in [-0.2, -0.15) is 0 Å². The Morgan fingerprint density at radius 3 is 2.53 bits per heavy atom. The third-order valence-corrected chi connectivity index (χ3v) is 7.05. The highest BCUT2D eigenvalue weighted by molar-refractivity contribution is 9.10. The van der Waals surface area contributed by atoms with Crippen LogP contribution in [0.5, 0.6) is 11.5 Å². The molecule has 3 N–H and O–H groups in total. The highest BCUT2D eigenvalue weighted by Gasteiger charge is 2.53. The van der Waals surface area contributed by atoms with Crippen molar-refractivity contribution >= 4 is 33.2 Å². The van der Waals surface area contributed by atoms with E-state index in [0.717, 1.165) is 5.56 Å². The van der Waals surface area contributed by atoms with Gasteiger partial charge in [-0.1, -0.05) is 36.4 Å².